The number of nitrogens with one attached hydrogen (secondary N) is 2. The third-order valence-electron chi connectivity index (χ3n) is 5.78. The Kier molecular flexibility index (Phi) is 8.47. The summed E-state index contributed by atoms with van der Waals surface area (Å²) in [5.41, 5.74) is 2.75. The number of amides is 3. The normalized spacial score (nSPS) is 13.6. The van der Waals surface area contributed by atoms with Crippen LogP contribution >= 0.6 is 11.8 Å². The molecule has 0 unspecified atom stereocenters. The lowest BCUT2D eigenvalue weighted by Crippen LogP contribution is -2.33. The Bertz CT molecular complexity index is 1280. The molecule has 0 aliphatic carbocycles. The van der Waals surface area contributed by atoms with E-state index >= 15 is 0 Å². The van der Waals surface area contributed by atoms with Crippen LogP contribution in [0.25, 0.3) is 0 Å². The fourth-order valence-corrected chi connectivity index (χ4v) is 4.69. The molecule has 3 aromatic rings. The standard InChI is InChI=1S/C28H29N3O5S/c1-18(2)19-7-9-20(10-8-19)29-24-25(28(34)31(27(24)33)15-5-16-35-3)37-22-13-11-21(12-14-22)30-26(32)23-6-4-17-36-23/h4,6-14,17-18,29H,5,15-16H2,1-3H3,(H,30,32). The Morgan fingerprint density at radius 2 is 1.70 bits per heavy atom. The fraction of sp³-hybridized carbons (Fsp3) is 0.250. The Morgan fingerprint density at radius 3 is 2.32 bits per heavy atom. The van der Waals surface area contributed by atoms with Crippen LogP contribution in [0.3, 0.4) is 0 Å². The van der Waals surface area contributed by atoms with Gasteiger partial charge < -0.3 is 19.8 Å². The predicted octanol–water partition coefficient (Wildman–Crippen LogP) is 5.48. The predicted molar refractivity (Wildman–Crippen MR) is 143 cm³/mol. The third kappa shape index (κ3) is 6.31. The van der Waals surface area contributed by atoms with Crippen LogP contribution in [0.2, 0.25) is 0 Å². The molecule has 0 bridgehead atoms. The van der Waals surface area contributed by atoms with Gasteiger partial charge in [-0.1, -0.05) is 37.7 Å². The number of carbonyl (C=O) groups is 3. The molecule has 3 amide bonds. The van der Waals surface area contributed by atoms with Crippen molar-refractivity contribution in [3.05, 3.63) is 88.9 Å². The highest BCUT2D eigenvalue weighted by atomic mass is 32.2. The van der Waals surface area contributed by atoms with E-state index in [1.807, 2.05) is 24.3 Å². The average molecular weight is 520 g/mol. The zero-order chi connectivity index (χ0) is 26.4. The molecule has 1 aromatic heterocycles. The van der Waals surface area contributed by atoms with Gasteiger partial charge in [-0.3, -0.25) is 19.3 Å². The third-order valence-corrected chi connectivity index (χ3v) is 6.87. The van der Waals surface area contributed by atoms with Crippen LogP contribution in [0.5, 0.6) is 0 Å². The zero-order valence-corrected chi connectivity index (χ0v) is 21.8. The highest BCUT2D eigenvalue weighted by molar-refractivity contribution is 8.04. The smallest absolute Gasteiger partial charge is 0.291 e. The molecule has 37 heavy (non-hydrogen) atoms. The first-order chi connectivity index (χ1) is 17.9. The van der Waals surface area contributed by atoms with E-state index in [1.54, 1.807) is 43.5 Å². The van der Waals surface area contributed by atoms with Crippen molar-refractivity contribution in [3.63, 3.8) is 0 Å². The highest BCUT2D eigenvalue weighted by Gasteiger charge is 2.38. The molecular formula is C28H29N3O5S. The molecule has 0 fully saturated rings. The monoisotopic (exact) mass is 519 g/mol. The van der Waals surface area contributed by atoms with E-state index < -0.39 is 0 Å². The largest absolute Gasteiger partial charge is 0.459 e. The molecule has 0 saturated carbocycles. The number of hydrogen-bond acceptors (Lipinski definition) is 7. The molecule has 0 radical (unpaired) electrons. The lowest BCUT2D eigenvalue weighted by Gasteiger charge is -2.15. The van der Waals surface area contributed by atoms with Crippen LogP contribution in [0.15, 0.2) is 86.8 Å². The number of rotatable bonds is 11. The molecule has 192 valence electrons. The summed E-state index contributed by atoms with van der Waals surface area (Å²) in [6, 6.07) is 18.1. The molecule has 2 heterocycles. The van der Waals surface area contributed by atoms with Crippen LogP contribution < -0.4 is 10.6 Å². The van der Waals surface area contributed by atoms with Crippen LogP contribution in [0.4, 0.5) is 11.4 Å². The molecule has 1 aliphatic rings. The van der Waals surface area contributed by atoms with Gasteiger partial charge >= 0.3 is 0 Å². The first kappa shape index (κ1) is 26.2. The quantitative estimate of drug-likeness (QED) is 0.256. The minimum Gasteiger partial charge on any atom is -0.459 e. The van der Waals surface area contributed by atoms with Gasteiger partial charge in [-0.2, -0.15) is 0 Å². The number of carbonyl (C=O) groups excluding carboxylic acids is 3. The van der Waals surface area contributed by atoms with Gasteiger partial charge in [-0.15, -0.1) is 0 Å². The lowest BCUT2D eigenvalue weighted by atomic mass is 10.0. The maximum Gasteiger partial charge on any atom is 0.291 e. The topological polar surface area (TPSA) is 101 Å². The fourth-order valence-electron chi connectivity index (χ4n) is 3.75. The number of furan rings is 1. The summed E-state index contributed by atoms with van der Waals surface area (Å²) in [7, 11) is 1.58. The minimum absolute atomic E-state index is 0.212. The summed E-state index contributed by atoms with van der Waals surface area (Å²) < 4.78 is 10.2. The number of nitrogens with zero attached hydrogens (tertiary/aromatic N) is 1. The summed E-state index contributed by atoms with van der Waals surface area (Å²) >= 11 is 1.21. The zero-order valence-electron chi connectivity index (χ0n) is 20.9. The summed E-state index contributed by atoms with van der Waals surface area (Å²) in [6.45, 7) is 4.95. The van der Waals surface area contributed by atoms with Crippen molar-refractivity contribution in [2.45, 2.75) is 31.1 Å². The molecule has 2 N–H and O–H groups in total. The Balaban J connectivity index is 1.54. The Hall–Kier alpha value is -3.82. The average Bonchev–Trinajstić information content (AvgIpc) is 3.51. The summed E-state index contributed by atoms with van der Waals surface area (Å²) in [5.74, 6) is -0.464. The van der Waals surface area contributed by atoms with Crippen molar-refractivity contribution in [2.75, 3.05) is 30.9 Å². The maximum absolute atomic E-state index is 13.3. The second-order valence-electron chi connectivity index (χ2n) is 8.77. The van der Waals surface area contributed by atoms with E-state index in [1.165, 1.54) is 28.5 Å². The number of thioether (sulfide) groups is 1. The van der Waals surface area contributed by atoms with Gasteiger partial charge in [0, 0.05) is 36.5 Å². The number of methoxy groups -OCH3 is 1. The van der Waals surface area contributed by atoms with E-state index in [4.69, 9.17) is 9.15 Å². The molecule has 2 aromatic carbocycles. The van der Waals surface area contributed by atoms with E-state index in [0.29, 0.717) is 29.5 Å². The van der Waals surface area contributed by atoms with E-state index in [0.717, 1.165) is 10.6 Å². The van der Waals surface area contributed by atoms with Gasteiger partial charge in [0.25, 0.3) is 17.7 Å². The second kappa shape index (κ2) is 11.9. The van der Waals surface area contributed by atoms with Crippen molar-refractivity contribution in [3.8, 4) is 0 Å². The summed E-state index contributed by atoms with van der Waals surface area (Å²) in [5, 5.41) is 5.94. The molecule has 8 nitrogen and oxygen atoms in total. The second-order valence-corrected chi connectivity index (χ2v) is 9.86. The molecule has 0 saturated heterocycles. The SMILES string of the molecule is COCCCN1C(=O)C(Nc2ccc(C(C)C)cc2)=C(Sc2ccc(NC(=O)c3ccco3)cc2)C1=O. The number of hydrogen-bond donors (Lipinski definition) is 2. The van der Waals surface area contributed by atoms with E-state index in [2.05, 4.69) is 24.5 Å². The molecule has 0 spiro atoms. The van der Waals surface area contributed by atoms with Crippen molar-refractivity contribution in [2.24, 2.45) is 0 Å². The number of benzene rings is 2. The van der Waals surface area contributed by atoms with Gasteiger partial charge in [0.05, 0.1) is 6.26 Å². The minimum atomic E-state index is -0.362. The maximum atomic E-state index is 13.3. The molecule has 9 heteroatoms. The first-order valence-electron chi connectivity index (χ1n) is 12.0. The number of imide groups is 1. The van der Waals surface area contributed by atoms with Gasteiger partial charge in [-0.25, -0.2) is 0 Å². The van der Waals surface area contributed by atoms with Crippen molar-refractivity contribution in [1.29, 1.82) is 0 Å². The van der Waals surface area contributed by atoms with Crippen molar-refractivity contribution >= 4 is 40.9 Å². The lowest BCUT2D eigenvalue weighted by molar-refractivity contribution is -0.137. The van der Waals surface area contributed by atoms with Gasteiger partial charge in [0.15, 0.2) is 5.76 Å². The van der Waals surface area contributed by atoms with Crippen LogP contribution in [0, 0.1) is 0 Å². The van der Waals surface area contributed by atoms with Gasteiger partial charge in [0.1, 0.15) is 10.6 Å². The molecular weight excluding hydrogens is 490 g/mol. The Morgan fingerprint density at radius 1 is 1.00 bits per heavy atom. The Labute approximate surface area is 220 Å². The van der Waals surface area contributed by atoms with Gasteiger partial charge in [-0.05, 0) is 66.4 Å². The molecule has 4 rings (SSSR count). The molecule has 0 atom stereocenters. The highest BCUT2D eigenvalue weighted by Crippen LogP contribution is 2.36. The summed E-state index contributed by atoms with van der Waals surface area (Å²) in [4.78, 5) is 41.1. The number of ether oxygens (including phenoxy) is 1. The van der Waals surface area contributed by atoms with Crippen LogP contribution in [0.1, 0.15) is 42.3 Å². The first-order valence-corrected chi connectivity index (χ1v) is 12.8. The van der Waals surface area contributed by atoms with Crippen molar-refractivity contribution in [1.82, 2.24) is 4.90 Å². The van der Waals surface area contributed by atoms with Crippen LogP contribution in [-0.4, -0.2) is 42.9 Å². The van der Waals surface area contributed by atoms with Crippen molar-refractivity contribution < 1.29 is 23.5 Å². The number of anilines is 2. The van der Waals surface area contributed by atoms with E-state index in [9.17, 15) is 14.4 Å². The van der Waals surface area contributed by atoms with Crippen LogP contribution in [-0.2, 0) is 14.3 Å². The summed E-state index contributed by atoms with van der Waals surface area (Å²) in [6.07, 6.45) is 1.98. The molecule has 1 aliphatic heterocycles. The van der Waals surface area contributed by atoms with Gasteiger partial charge in [0.2, 0.25) is 0 Å². The van der Waals surface area contributed by atoms with E-state index in [-0.39, 0.29) is 35.7 Å².